The van der Waals surface area contributed by atoms with Crippen LogP contribution in [0.2, 0.25) is 0 Å². The van der Waals surface area contributed by atoms with E-state index in [2.05, 4.69) is 4.90 Å². The molecule has 0 N–H and O–H groups in total. The molecule has 13 aliphatic rings. The molecule has 336 valence electrons. The van der Waals surface area contributed by atoms with Crippen molar-refractivity contribution in [3.05, 3.63) is 0 Å². The van der Waals surface area contributed by atoms with E-state index in [0.29, 0.717) is 42.5 Å². The molecular weight excluding hydrogens is 735 g/mol. The largest absolute Gasteiger partial charge is 0.374 e. The molecule has 3 aliphatic heterocycles. The summed E-state index contributed by atoms with van der Waals surface area (Å²) in [6.07, 6.45) is 52.1. The molecule has 0 bridgehead atoms. The van der Waals surface area contributed by atoms with Crippen LogP contribution >= 0.6 is 0 Å². The Hall–Kier alpha value is -0.160. The number of nitrogens with zero attached hydrogens (tertiary/aromatic N) is 1. The van der Waals surface area contributed by atoms with Crippen molar-refractivity contribution in [3.63, 3.8) is 0 Å². The zero-order valence-corrected chi connectivity index (χ0v) is 38.3. The standard InChI is InChI=1S/C56H89NO3/c1-3-12-41-34(9-1)11-7-15-42(41)36-19-24-38(25-20-36)57(40-28-29-48-52(33-40)59-50-31-23-35-10-2-4-13-43(35)53(48)50)39-26-21-37(22-27-39)44-16-8-17-45-46-30-32-51-54(56(46)60-55(44)45)47-14-5-6-18-49(47)58-51/h34-56H,1-33H2. The SMILES string of the molecule is C1CCC2C(C1)CCCC2C1CCC(N(C2CCC(C3CCCC4C5CCC6OC7CCCCC7C6C5OC34)CC2)C2CCC3C(C2)OC2CCC4CCCCC4C23)CC1. The third-order valence-electron chi connectivity index (χ3n) is 23.4. The third kappa shape index (κ3) is 6.96. The second-order valence-corrected chi connectivity index (χ2v) is 25.4. The van der Waals surface area contributed by atoms with Crippen LogP contribution in [0.5, 0.6) is 0 Å². The van der Waals surface area contributed by atoms with Gasteiger partial charge in [-0.25, -0.2) is 0 Å². The Balaban J connectivity index is 0.706. The van der Waals surface area contributed by atoms with Crippen molar-refractivity contribution in [2.45, 2.75) is 267 Å². The highest BCUT2D eigenvalue weighted by Gasteiger charge is 2.61. The lowest BCUT2D eigenvalue weighted by Gasteiger charge is -2.52. The molecule has 4 heteroatoms. The van der Waals surface area contributed by atoms with Gasteiger partial charge in [-0.1, -0.05) is 70.6 Å². The Morgan fingerprint density at radius 3 is 1.52 bits per heavy atom. The quantitative estimate of drug-likeness (QED) is 0.276. The molecule has 13 rings (SSSR count). The lowest BCUT2D eigenvalue weighted by Crippen LogP contribution is -2.55. The molecule has 0 aromatic heterocycles. The molecule has 10 saturated carbocycles. The highest BCUT2D eigenvalue weighted by molar-refractivity contribution is 5.09. The Bertz CT molecular complexity index is 1470. The van der Waals surface area contributed by atoms with Crippen molar-refractivity contribution in [1.82, 2.24) is 4.90 Å². The van der Waals surface area contributed by atoms with E-state index in [4.69, 9.17) is 14.2 Å². The van der Waals surface area contributed by atoms with Crippen LogP contribution in [0, 0.1) is 82.9 Å². The van der Waals surface area contributed by atoms with Gasteiger partial charge >= 0.3 is 0 Å². The summed E-state index contributed by atoms with van der Waals surface area (Å²) in [6, 6.07) is 2.44. The van der Waals surface area contributed by atoms with E-state index in [9.17, 15) is 0 Å². The van der Waals surface area contributed by atoms with Gasteiger partial charge in [-0.15, -0.1) is 0 Å². The molecule has 13 fully saturated rings. The molecule has 3 heterocycles. The van der Waals surface area contributed by atoms with Crippen LogP contribution in [0.3, 0.4) is 0 Å². The van der Waals surface area contributed by atoms with Gasteiger partial charge in [0.2, 0.25) is 0 Å². The van der Waals surface area contributed by atoms with Gasteiger partial charge in [0.05, 0.1) is 36.6 Å². The number of hydrogen-bond donors (Lipinski definition) is 0. The highest BCUT2D eigenvalue weighted by atomic mass is 16.5. The van der Waals surface area contributed by atoms with Gasteiger partial charge in [-0.3, -0.25) is 4.90 Å². The predicted molar refractivity (Wildman–Crippen MR) is 240 cm³/mol. The first-order valence-corrected chi connectivity index (χ1v) is 28.5. The molecule has 60 heavy (non-hydrogen) atoms. The van der Waals surface area contributed by atoms with E-state index in [1.54, 1.807) is 44.9 Å². The average Bonchev–Trinajstić information content (AvgIpc) is 4.01. The summed E-state index contributed by atoms with van der Waals surface area (Å²) in [5.74, 6) is 13.0. The van der Waals surface area contributed by atoms with Crippen LogP contribution in [-0.2, 0) is 14.2 Å². The summed E-state index contributed by atoms with van der Waals surface area (Å²) in [5.41, 5.74) is 0. The van der Waals surface area contributed by atoms with Gasteiger partial charge in [0.1, 0.15) is 0 Å². The maximum absolute atomic E-state index is 7.56. The number of rotatable bonds is 5. The van der Waals surface area contributed by atoms with E-state index in [1.807, 2.05) is 0 Å². The fourth-order valence-electron chi connectivity index (χ4n) is 21.1. The zero-order valence-electron chi connectivity index (χ0n) is 38.3. The van der Waals surface area contributed by atoms with E-state index in [0.717, 1.165) is 95.1 Å². The predicted octanol–water partition coefficient (Wildman–Crippen LogP) is 13.3. The minimum atomic E-state index is 0.513. The summed E-state index contributed by atoms with van der Waals surface area (Å²) in [4.78, 5) is 3.34. The van der Waals surface area contributed by atoms with Gasteiger partial charge in [-0.2, -0.15) is 0 Å². The topological polar surface area (TPSA) is 30.9 Å². The number of ether oxygens (including phenoxy) is 3. The summed E-state index contributed by atoms with van der Waals surface area (Å²) < 4.78 is 21.7. The van der Waals surface area contributed by atoms with Crippen molar-refractivity contribution >= 4 is 0 Å². The first-order chi connectivity index (χ1) is 29.7. The Morgan fingerprint density at radius 2 is 0.717 bits per heavy atom. The van der Waals surface area contributed by atoms with Crippen molar-refractivity contribution in [1.29, 1.82) is 0 Å². The second-order valence-electron chi connectivity index (χ2n) is 25.4. The summed E-state index contributed by atoms with van der Waals surface area (Å²) in [7, 11) is 0. The van der Waals surface area contributed by atoms with E-state index < -0.39 is 0 Å². The maximum Gasteiger partial charge on any atom is 0.0667 e. The summed E-state index contributed by atoms with van der Waals surface area (Å²) >= 11 is 0. The molecular formula is C56H89NO3. The van der Waals surface area contributed by atoms with Crippen LogP contribution in [0.4, 0.5) is 0 Å². The molecule has 19 atom stereocenters. The van der Waals surface area contributed by atoms with Crippen LogP contribution in [0.25, 0.3) is 0 Å². The average molecular weight is 824 g/mol. The monoisotopic (exact) mass is 824 g/mol. The summed E-state index contributed by atoms with van der Waals surface area (Å²) in [6.45, 7) is 0. The van der Waals surface area contributed by atoms with Crippen molar-refractivity contribution < 1.29 is 14.2 Å². The zero-order chi connectivity index (χ0) is 39.3. The molecule has 3 saturated heterocycles. The molecule has 19 unspecified atom stereocenters. The Labute approximate surface area is 367 Å². The molecule has 0 aromatic carbocycles. The van der Waals surface area contributed by atoms with Crippen molar-refractivity contribution in [2.75, 3.05) is 0 Å². The molecule has 0 aromatic rings. The first kappa shape index (κ1) is 40.1. The Morgan fingerprint density at radius 1 is 0.250 bits per heavy atom. The van der Waals surface area contributed by atoms with Crippen molar-refractivity contribution in [3.8, 4) is 0 Å². The van der Waals surface area contributed by atoms with E-state index >= 15 is 0 Å². The Kier molecular flexibility index (Phi) is 11.3. The maximum atomic E-state index is 7.56. The smallest absolute Gasteiger partial charge is 0.0667 e. The number of fused-ring (bicyclic) bond motifs is 13. The molecule has 10 aliphatic carbocycles. The normalized spacial score (nSPS) is 56.2. The second kappa shape index (κ2) is 16.9. The van der Waals surface area contributed by atoms with Gasteiger partial charge in [0.15, 0.2) is 0 Å². The van der Waals surface area contributed by atoms with Crippen LogP contribution in [0.1, 0.15) is 212 Å². The van der Waals surface area contributed by atoms with E-state index in [1.165, 1.54) is 167 Å². The summed E-state index contributed by atoms with van der Waals surface area (Å²) in [5, 5.41) is 0. The van der Waals surface area contributed by atoms with E-state index in [-0.39, 0.29) is 0 Å². The van der Waals surface area contributed by atoms with Gasteiger partial charge in [-0.05, 0) is 218 Å². The van der Waals surface area contributed by atoms with Crippen molar-refractivity contribution in [2.24, 2.45) is 82.9 Å². The van der Waals surface area contributed by atoms with Crippen LogP contribution in [-0.4, -0.2) is 59.6 Å². The van der Waals surface area contributed by atoms with Gasteiger partial charge in [0, 0.05) is 24.0 Å². The highest BCUT2D eigenvalue weighted by Crippen LogP contribution is 2.60. The van der Waals surface area contributed by atoms with Crippen LogP contribution in [0.15, 0.2) is 0 Å². The lowest BCUT2D eigenvalue weighted by atomic mass is 9.59. The van der Waals surface area contributed by atoms with Crippen LogP contribution < -0.4 is 0 Å². The minimum Gasteiger partial charge on any atom is -0.374 e. The minimum absolute atomic E-state index is 0.513. The van der Waals surface area contributed by atoms with Gasteiger partial charge < -0.3 is 14.2 Å². The van der Waals surface area contributed by atoms with Gasteiger partial charge in [0.25, 0.3) is 0 Å². The molecule has 0 radical (unpaired) electrons. The third-order valence-corrected chi connectivity index (χ3v) is 23.4. The molecule has 0 spiro atoms. The molecule has 4 nitrogen and oxygen atoms in total. The first-order valence-electron chi connectivity index (χ1n) is 28.5. The molecule has 0 amide bonds. The fraction of sp³-hybridized carbons (Fsp3) is 1.00. The lowest BCUT2D eigenvalue weighted by molar-refractivity contribution is -0.0891. The number of hydrogen-bond acceptors (Lipinski definition) is 4. The fourth-order valence-corrected chi connectivity index (χ4v) is 21.1.